The fourth-order valence-electron chi connectivity index (χ4n) is 1.00. The van der Waals surface area contributed by atoms with E-state index in [1.807, 2.05) is 27.7 Å². The standard InChI is InChI=1S/C10H16N2O2S/c1-5-11-8-7(12-6-15-8)9(13)14-10(2,3)4/h6,11H,5H2,1-4H3. The number of aromatic nitrogens is 1. The SMILES string of the molecule is CCNc1scnc1C(=O)OC(C)(C)C. The van der Waals surface area contributed by atoms with Crippen molar-refractivity contribution in [2.75, 3.05) is 11.9 Å². The van der Waals surface area contributed by atoms with Crippen molar-refractivity contribution in [1.29, 1.82) is 0 Å². The predicted octanol–water partition coefficient (Wildman–Crippen LogP) is 2.53. The van der Waals surface area contributed by atoms with Crippen molar-refractivity contribution < 1.29 is 9.53 Å². The highest BCUT2D eigenvalue weighted by Crippen LogP contribution is 2.22. The third-order valence-corrected chi connectivity index (χ3v) is 2.28. The van der Waals surface area contributed by atoms with Crippen LogP contribution in [0.2, 0.25) is 0 Å². The Morgan fingerprint density at radius 1 is 1.60 bits per heavy atom. The normalized spacial score (nSPS) is 11.2. The summed E-state index contributed by atoms with van der Waals surface area (Å²) < 4.78 is 5.23. The zero-order valence-corrected chi connectivity index (χ0v) is 10.3. The van der Waals surface area contributed by atoms with Gasteiger partial charge in [0.25, 0.3) is 0 Å². The highest BCUT2D eigenvalue weighted by molar-refractivity contribution is 7.14. The fourth-order valence-corrected chi connectivity index (χ4v) is 1.74. The Labute approximate surface area is 93.7 Å². The molecule has 1 rings (SSSR count). The minimum Gasteiger partial charge on any atom is -0.455 e. The topological polar surface area (TPSA) is 51.2 Å². The number of carbonyl (C=O) groups is 1. The molecule has 1 aromatic rings. The molecule has 1 heterocycles. The Balaban J connectivity index is 2.77. The molecule has 0 fully saturated rings. The Morgan fingerprint density at radius 3 is 2.80 bits per heavy atom. The summed E-state index contributed by atoms with van der Waals surface area (Å²) in [6.45, 7) is 8.25. The van der Waals surface area contributed by atoms with Gasteiger partial charge in [-0.1, -0.05) is 0 Å². The molecule has 0 saturated heterocycles. The average Bonchev–Trinajstić information content (AvgIpc) is 2.49. The maximum absolute atomic E-state index is 11.7. The molecule has 15 heavy (non-hydrogen) atoms. The third kappa shape index (κ3) is 3.51. The molecule has 0 radical (unpaired) electrons. The molecule has 0 saturated carbocycles. The first-order chi connectivity index (χ1) is 6.94. The van der Waals surface area contributed by atoms with Gasteiger partial charge in [0, 0.05) is 6.54 Å². The molecular weight excluding hydrogens is 212 g/mol. The highest BCUT2D eigenvalue weighted by Gasteiger charge is 2.22. The maximum atomic E-state index is 11.7. The van der Waals surface area contributed by atoms with Gasteiger partial charge in [0.1, 0.15) is 10.6 Å². The molecule has 0 bridgehead atoms. The summed E-state index contributed by atoms with van der Waals surface area (Å²) in [6.07, 6.45) is 0. The molecule has 0 aliphatic carbocycles. The van der Waals surface area contributed by atoms with Gasteiger partial charge in [-0.2, -0.15) is 0 Å². The van der Waals surface area contributed by atoms with Gasteiger partial charge < -0.3 is 10.1 Å². The van der Waals surface area contributed by atoms with Crippen LogP contribution >= 0.6 is 11.3 Å². The second kappa shape index (κ2) is 4.61. The van der Waals surface area contributed by atoms with Crippen LogP contribution in [-0.2, 0) is 4.74 Å². The number of esters is 1. The number of anilines is 1. The molecule has 0 amide bonds. The molecule has 0 aromatic carbocycles. The molecule has 1 aromatic heterocycles. The van der Waals surface area contributed by atoms with Crippen LogP contribution in [0.5, 0.6) is 0 Å². The molecule has 0 aliphatic rings. The van der Waals surface area contributed by atoms with Crippen LogP contribution in [0.4, 0.5) is 5.00 Å². The van der Waals surface area contributed by atoms with Crippen LogP contribution in [-0.4, -0.2) is 23.1 Å². The van der Waals surface area contributed by atoms with Crippen LogP contribution in [0.1, 0.15) is 38.2 Å². The van der Waals surface area contributed by atoms with Crippen molar-refractivity contribution in [1.82, 2.24) is 4.98 Å². The Kier molecular flexibility index (Phi) is 3.68. The lowest BCUT2D eigenvalue weighted by molar-refractivity contribution is 0.00649. The van der Waals surface area contributed by atoms with Crippen LogP contribution in [0, 0.1) is 0 Å². The monoisotopic (exact) mass is 228 g/mol. The van der Waals surface area contributed by atoms with Gasteiger partial charge >= 0.3 is 5.97 Å². The lowest BCUT2D eigenvalue weighted by atomic mass is 10.2. The number of rotatable bonds is 3. The van der Waals surface area contributed by atoms with Gasteiger partial charge in [-0.05, 0) is 27.7 Å². The molecule has 0 atom stereocenters. The van der Waals surface area contributed by atoms with Gasteiger partial charge in [-0.3, -0.25) is 0 Å². The molecule has 5 heteroatoms. The molecule has 4 nitrogen and oxygen atoms in total. The zero-order valence-electron chi connectivity index (χ0n) is 9.46. The summed E-state index contributed by atoms with van der Waals surface area (Å²) in [5, 5.41) is 3.85. The van der Waals surface area contributed by atoms with Crippen molar-refractivity contribution in [2.24, 2.45) is 0 Å². The van der Waals surface area contributed by atoms with Crippen molar-refractivity contribution >= 4 is 22.3 Å². The van der Waals surface area contributed by atoms with Gasteiger partial charge in [0.15, 0.2) is 5.69 Å². The van der Waals surface area contributed by atoms with Crippen molar-refractivity contribution in [3.05, 3.63) is 11.2 Å². The van der Waals surface area contributed by atoms with Crippen molar-refractivity contribution in [3.8, 4) is 0 Å². The van der Waals surface area contributed by atoms with E-state index in [-0.39, 0.29) is 5.97 Å². The smallest absolute Gasteiger partial charge is 0.360 e. The summed E-state index contributed by atoms with van der Waals surface area (Å²) in [5.74, 6) is -0.375. The summed E-state index contributed by atoms with van der Waals surface area (Å²) >= 11 is 1.41. The van der Waals surface area contributed by atoms with E-state index in [2.05, 4.69) is 10.3 Å². The van der Waals surface area contributed by atoms with Gasteiger partial charge in [0.2, 0.25) is 0 Å². The van der Waals surface area contributed by atoms with E-state index in [1.165, 1.54) is 11.3 Å². The first-order valence-electron chi connectivity index (χ1n) is 4.84. The third-order valence-electron chi connectivity index (χ3n) is 1.50. The van der Waals surface area contributed by atoms with Crippen molar-refractivity contribution in [3.63, 3.8) is 0 Å². The quantitative estimate of drug-likeness (QED) is 0.808. The Bertz CT molecular complexity index is 341. The number of ether oxygens (including phenoxy) is 1. The Morgan fingerprint density at radius 2 is 2.27 bits per heavy atom. The zero-order chi connectivity index (χ0) is 11.5. The first kappa shape index (κ1) is 12.0. The molecule has 0 unspecified atom stereocenters. The summed E-state index contributed by atoms with van der Waals surface area (Å²) in [5.41, 5.74) is 1.53. The van der Waals surface area contributed by atoms with Crippen LogP contribution in [0.3, 0.4) is 0 Å². The van der Waals surface area contributed by atoms with Gasteiger partial charge in [-0.15, -0.1) is 11.3 Å². The van der Waals surface area contributed by atoms with E-state index < -0.39 is 5.60 Å². The van der Waals surface area contributed by atoms with E-state index in [4.69, 9.17) is 4.74 Å². The fraction of sp³-hybridized carbons (Fsp3) is 0.600. The van der Waals surface area contributed by atoms with E-state index in [9.17, 15) is 4.79 Å². The van der Waals surface area contributed by atoms with Crippen molar-refractivity contribution in [2.45, 2.75) is 33.3 Å². The summed E-state index contributed by atoms with van der Waals surface area (Å²) in [4.78, 5) is 15.7. The minimum absolute atomic E-state index is 0.372. The van der Waals surface area contributed by atoms with Gasteiger partial charge in [-0.25, -0.2) is 9.78 Å². The van der Waals surface area contributed by atoms with Crippen LogP contribution in [0.15, 0.2) is 5.51 Å². The van der Waals surface area contributed by atoms with Gasteiger partial charge in [0.05, 0.1) is 5.51 Å². The highest BCUT2D eigenvalue weighted by atomic mass is 32.1. The number of hydrogen-bond donors (Lipinski definition) is 1. The molecule has 0 aliphatic heterocycles. The number of hydrogen-bond acceptors (Lipinski definition) is 5. The van der Waals surface area contributed by atoms with E-state index >= 15 is 0 Å². The predicted molar refractivity (Wildman–Crippen MR) is 61.4 cm³/mol. The molecule has 84 valence electrons. The second-order valence-corrected chi connectivity index (χ2v) is 4.92. The lowest BCUT2D eigenvalue weighted by Crippen LogP contribution is -2.24. The lowest BCUT2D eigenvalue weighted by Gasteiger charge is -2.19. The minimum atomic E-state index is -0.482. The average molecular weight is 228 g/mol. The Hall–Kier alpha value is -1.10. The van der Waals surface area contributed by atoms with E-state index in [0.717, 1.165) is 11.5 Å². The molecular formula is C10H16N2O2S. The number of thiazole rings is 1. The first-order valence-corrected chi connectivity index (χ1v) is 5.72. The molecule has 0 spiro atoms. The number of nitrogens with one attached hydrogen (secondary N) is 1. The molecule has 1 N–H and O–H groups in total. The van der Waals surface area contributed by atoms with E-state index in [0.29, 0.717) is 5.69 Å². The number of carbonyl (C=O) groups excluding carboxylic acids is 1. The van der Waals surface area contributed by atoms with Crippen LogP contribution in [0.25, 0.3) is 0 Å². The van der Waals surface area contributed by atoms with Crippen LogP contribution < -0.4 is 5.32 Å². The summed E-state index contributed by atoms with van der Waals surface area (Å²) in [7, 11) is 0. The second-order valence-electron chi connectivity index (χ2n) is 4.06. The largest absolute Gasteiger partial charge is 0.455 e. The van der Waals surface area contributed by atoms with E-state index in [1.54, 1.807) is 5.51 Å². The number of nitrogens with zero attached hydrogens (tertiary/aromatic N) is 1. The summed E-state index contributed by atoms with van der Waals surface area (Å²) in [6, 6.07) is 0. The maximum Gasteiger partial charge on any atom is 0.360 e.